The van der Waals surface area contributed by atoms with E-state index in [0.717, 1.165) is 40.8 Å². The summed E-state index contributed by atoms with van der Waals surface area (Å²) in [4.78, 5) is 0. The van der Waals surface area contributed by atoms with Crippen LogP contribution in [0.3, 0.4) is 0 Å². The minimum absolute atomic E-state index is 0.0866. The van der Waals surface area contributed by atoms with Crippen LogP contribution in [0.5, 0.6) is 0 Å². The van der Waals surface area contributed by atoms with Gasteiger partial charge in [0.2, 0.25) is 0 Å². The van der Waals surface area contributed by atoms with E-state index in [1.807, 2.05) is 42.5 Å². The third-order valence-electron chi connectivity index (χ3n) is 3.48. The third-order valence-corrected chi connectivity index (χ3v) is 3.48. The molecule has 0 spiro atoms. The van der Waals surface area contributed by atoms with Crippen LogP contribution in [0.15, 0.2) is 42.5 Å². The van der Waals surface area contributed by atoms with Gasteiger partial charge in [-0.3, -0.25) is 5.41 Å². The Labute approximate surface area is 131 Å². The van der Waals surface area contributed by atoms with Crippen LogP contribution in [0.2, 0.25) is 0 Å². The number of amidine groups is 1. The number of nitrogen functional groups attached to an aromatic ring is 2. The van der Waals surface area contributed by atoms with Crippen molar-refractivity contribution in [3.63, 3.8) is 0 Å². The molecule has 2 aromatic rings. The molecule has 4 nitrogen and oxygen atoms in total. The molecular weight excluding hydrogens is 274 g/mol. The molecule has 0 aliphatic rings. The maximum absolute atomic E-state index is 7.59. The van der Waals surface area contributed by atoms with E-state index in [9.17, 15) is 0 Å². The molecule has 0 fully saturated rings. The zero-order chi connectivity index (χ0) is 15.9. The van der Waals surface area contributed by atoms with E-state index in [1.54, 1.807) is 7.11 Å². The molecular formula is C18H22N3O. The van der Waals surface area contributed by atoms with Crippen LogP contribution in [-0.2, 0) is 11.2 Å². The fourth-order valence-electron chi connectivity index (χ4n) is 2.37. The molecule has 0 atom stereocenters. The van der Waals surface area contributed by atoms with Gasteiger partial charge < -0.3 is 16.2 Å². The lowest BCUT2D eigenvalue weighted by Crippen LogP contribution is -2.12. The van der Waals surface area contributed by atoms with Gasteiger partial charge in [-0.2, -0.15) is 0 Å². The average molecular weight is 296 g/mol. The molecule has 115 valence electrons. The second-order valence-electron chi connectivity index (χ2n) is 5.24. The van der Waals surface area contributed by atoms with E-state index < -0.39 is 0 Å². The van der Waals surface area contributed by atoms with Crippen LogP contribution >= 0.6 is 0 Å². The first-order valence-electron chi connectivity index (χ1n) is 7.26. The molecule has 0 aromatic heterocycles. The highest BCUT2D eigenvalue weighted by Gasteiger charge is 2.07. The van der Waals surface area contributed by atoms with Crippen LogP contribution < -0.4 is 11.5 Å². The molecule has 0 unspecified atom stereocenters. The molecule has 2 rings (SSSR count). The molecule has 4 heteroatoms. The second kappa shape index (κ2) is 7.61. The predicted octanol–water partition coefficient (Wildman–Crippen LogP) is 2.73. The topological polar surface area (TPSA) is 85.1 Å². The molecule has 5 N–H and O–H groups in total. The predicted molar refractivity (Wildman–Crippen MR) is 91.0 cm³/mol. The molecule has 0 saturated carbocycles. The van der Waals surface area contributed by atoms with Crippen LogP contribution in [0.25, 0.3) is 0 Å². The van der Waals surface area contributed by atoms with Crippen molar-refractivity contribution in [2.75, 3.05) is 19.5 Å². The monoisotopic (exact) mass is 296 g/mol. The maximum Gasteiger partial charge on any atom is 0.122 e. The minimum atomic E-state index is 0.0866. The lowest BCUT2D eigenvalue weighted by atomic mass is 9.94. The number of methoxy groups -OCH3 is 1. The number of aryl methyl sites for hydroxylation is 1. The average Bonchev–Trinajstić information content (AvgIpc) is 2.49. The van der Waals surface area contributed by atoms with Crippen molar-refractivity contribution >= 4 is 11.5 Å². The SMILES string of the molecule is COCCCc1cc(C(=N)N)ccc1[CH]c1cccc(N)c1. The van der Waals surface area contributed by atoms with Crippen molar-refractivity contribution in [3.05, 3.63) is 71.1 Å². The Morgan fingerprint density at radius 2 is 2.05 bits per heavy atom. The Balaban J connectivity index is 2.26. The van der Waals surface area contributed by atoms with Gasteiger partial charge in [0.1, 0.15) is 5.84 Å². The van der Waals surface area contributed by atoms with Crippen molar-refractivity contribution < 1.29 is 4.74 Å². The summed E-state index contributed by atoms with van der Waals surface area (Å²) in [5.74, 6) is 0.0866. The minimum Gasteiger partial charge on any atom is -0.399 e. The summed E-state index contributed by atoms with van der Waals surface area (Å²) in [6.45, 7) is 0.710. The highest BCUT2D eigenvalue weighted by molar-refractivity contribution is 5.95. The van der Waals surface area contributed by atoms with Gasteiger partial charge in [0, 0.05) is 31.4 Å². The lowest BCUT2D eigenvalue weighted by molar-refractivity contribution is 0.195. The van der Waals surface area contributed by atoms with Gasteiger partial charge in [-0.1, -0.05) is 24.3 Å². The summed E-state index contributed by atoms with van der Waals surface area (Å²) < 4.78 is 5.12. The zero-order valence-corrected chi connectivity index (χ0v) is 12.8. The van der Waals surface area contributed by atoms with Crippen LogP contribution in [0.1, 0.15) is 28.7 Å². The Bertz CT molecular complexity index is 653. The number of hydrogen-bond acceptors (Lipinski definition) is 3. The van der Waals surface area contributed by atoms with Gasteiger partial charge >= 0.3 is 0 Å². The van der Waals surface area contributed by atoms with Gasteiger partial charge in [0.05, 0.1) is 0 Å². The van der Waals surface area contributed by atoms with E-state index in [4.69, 9.17) is 21.6 Å². The number of benzene rings is 2. The summed E-state index contributed by atoms with van der Waals surface area (Å²) in [5, 5.41) is 7.59. The van der Waals surface area contributed by atoms with Gasteiger partial charge in [0.15, 0.2) is 0 Å². The summed E-state index contributed by atoms with van der Waals surface area (Å²) in [5.41, 5.74) is 16.3. The largest absolute Gasteiger partial charge is 0.399 e. The first-order valence-corrected chi connectivity index (χ1v) is 7.26. The summed E-state index contributed by atoms with van der Waals surface area (Å²) in [7, 11) is 1.70. The number of hydrogen-bond donors (Lipinski definition) is 3. The van der Waals surface area contributed by atoms with Crippen molar-refractivity contribution in [2.45, 2.75) is 12.8 Å². The molecule has 0 bridgehead atoms. The van der Waals surface area contributed by atoms with Crippen LogP contribution in [0, 0.1) is 11.8 Å². The van der Waals surface area contributed by atoms with Crippen LogP contribution in [-0.4, -0.2) is 19.6 Å². The number of anilines is 1. The molecule has 1 radical (unpaired) electrons. The fourth-order valence-corrected chi connectivity index (χ4v) is 2.37. The fraction of sp³-hybridized carbons (Fsp3) is 0.222. The van der Waals surface area contributed by atoms with E-state index in [1.165, 1.54) is 0 Å². The van der Waals surface area contributed by atoms with Gasteiger partial charge in [0.25, 0.3) is 0 Å². The first-order chi connectivity index (χ1) is 10.6. The summed E-state index contributed by atoms with van der Waals surface area (Å²) in [6.07, 6.45) is 3.90. The quantitative estimate of drug-likeness (QED) is 0.318. The van der Waals surface area contributed by atoms with Gasteiger partial charge in [-0.05, 0) is 47.7 Å². The van der Waals surface area contributed by atoms with E-state index >= 15 is 0 Å². The van der Waals surface area contributed by atoms with Gasteiger partial charge in [-0.15, -0.1) is 0 Å². The summed E-state index contributed by atoms with van der Waals surface area (Å²) >= 11 is 0. The Kier molecular flexibility index (Phi) is 5.55. The number of nitrogens with two attached hydrogens (primary N) is 2. The van der Waals surface area contributed by atoms with Crippen molar-refractivity contribution in [3.8, 4) is 0 Å². The first kappa shape index (κ1) is 16.0. The van der Waals surface area contributed by atoms with Crippen molar-refractivity contribution in [1.82, 2.24) is 0 Å². The van der Waals surface area contributed by atoms with E-state index in [-0.39, 0.29) is 5.84 Å². The molecule has 0 aliphatic carbocycles. The molecule has 2 aromatic carbocycles. The third kappa shape index (κ3) is 4.33. The number of ether oxygens (including phenoxy) is 1. The molecule has 0 amide bonds. The normalized spacial score (nSPS) is 10.6. The lowest BCUT2D eigenvalue weighted by Gasteiger charge is -2.12. The highest BCUT2D eigenvalue weighted by Crippen LogP contribution is 2.21. The number of nitrogens with one attached hydrogen (secondary N) is 1. The molecule has 22 heavy (non-hydrogen) atoms. The standard InChI is InChI=1S/C18H22N3O/c1-22-9-3-5-14-12-16(18(20)21)8-7-15(14)10-13-4-2-6-17(19)11-13/h2,4,6-8,10-12H,3,5,9,19H2,1H3,(H3,20,21). The maximum atomic E-state index is 7.59. The molecule has 0 heterocycles. The summed E-state index contributed by atoms with van der Waals surface area (Å²) in [6, 6.07) is 13.6. The zero-order valence-electron chi connectivity index (χ0n) is 12.8. The number of rotatable bonds is 7. The van der Waals surface area contributed by atoms with E-state index in [0.29, 0.717) is 6.61 Å². The Morgan fingerprint density at radius 1 is 1.23 bits per heavy atom. The molecule has 0 aliphatic heterocycles. The molecule has 0 saturated heterocycles. The van der Waals surface area contributed by atoms with Crippen molar-refractivity contribution in [2.24, 2.45) is 5.73 Å². The Morgan fingerprint density at radius 3 is 2.73 bits per heavy atom. The Hall–Kier alpha value is -2.33. The second-order valence-corrected chi connectivity index (χ2v) is 5.24. The van der Waals surface area contributed by atoms with Crippen molar-refractivity contribution in [1.29, 1.82) is 5.41 Å². The van der Waals surface area contributed by atoms with Crippen LogP contribution in [0.4, 0.5) is 5.69 Å². The highest BCUT2D eigenvalue weighted by atomic mass is 16.5. The van der Waals surface area contributed by atoms with Gasteiger partial charge in [-0.25, -0.2) is 0 Å². The van der Waals surface area contributed by atoms with E-state index in [2.05, 4.69) is 6.42 Å². The smallest absolute Gasteiger partial charge is 0.122 e.